The number of aryl methyl sites for hydroxylation is 1. The standard InChI is InChI=1S/C19H21N7O8S3/c1-7(11-9(15(30)32-3)12(27)22-34-11)13(35)20-19(33-4)16(31)26-10(14(28)29)8(5-36-17(19)26)6-37-18-21-23-24-25(18)2/h7,17H,5-6H2,1-4H3,(H,20,35)(H,22,27)(H,28,29)/t7?,17-,19-/m0/s1. The molecule has 2 aromatic rings. The third kappa shape index (κ3) is 4.42. The van der Waals surface area contributed by atoms with Gasteiger partial charge in [0.1, 0.15) is 11.1 Å². The first kappa shape index (κ1) is 26.8. The number of rotatable bonds is 9. The third-order valence-corrected chi connectivity index (χ3v) is 8.73. The third-order valence-electron chi connectivity index (χ3n) is 5.80. The Kier molecular flexibility index (Phi) is 7.45. The summed E-state index contributed by atoms with van der Waals surface area (Å²) in [6.45, 7) is 1.56. The smallest absolute Gasteiger partial charge is 0.352 e. The number of carbonyl (C=O) groups excluding carboxylic acids is 2. The number of H-pyrrole nitrogens is 1. The van der Waals surface area contributed by atoms with Crippen LogP contribution < -0.4 is 10.9 Å². The number of carboxylic acid groups (broad SMARTS) is 1. The maximum atomic E-state index is 13.4. The second kappa shape index (κ2) is 10.3. The number of methoxy groups -OCH3 is 2. The SMILES string of the molecule is COC(=O)c1c(C(C)C(=S)N[C@]2(OC)C(=O)N3C(C(=O)O)=C(CSc4nnnn4C)CS[C@H]32)o[nH]c1=O. The van der Waals surface area contributed by atoms with Crippen LogP contribution in [0.3, 0.4) is 0 Å². The van der Waals surface area contributed by atoms with E-state index in [-0.39, 0.29) is 27.8 Å². The number of ether oxygens (including phenoxy) is 2. The highest BCUT2D eigenvalue weighted by Crippen LogP contribution is 2.47. The number of amides is 1. The van der Waals surface area contributed by atoms with Gasteiger partial charge in [0.2, 0.25) is 5.16 Å². The minimum Gasteiger partial charge on any atom is -0.477 e. The lowest BCUT2D eigenvalue weighted by molar-refractivity contribution is -0.187. The number of carboxylic acids is 1. The van der Waals surface area contributed by atoms with Crippen molar-refractivity contribution in [1.29, 1.82) is 0 Å². The van der Waals surface area contributed by atoms with E-state index in [0.29, 0.717) is 16.5 Å². The number of aliphatic carboxylic acids is 1. The number of nitrogens with zero attached hydrogens (tertiary/aromatic N) is 5. The number of aromatic amines is 1. The Labute approximate surface area is 222 Å². The fraction of sp³-hybridized carbons (Fsp3) is 0.474. The summed E-state index contributed by atoms with van der Waals surface area (Å²) in [5, 5.41) is 25.8. The molecule has 2 aliphatic heterocycles. The summed E-state index contributed by atoms with van der Waals surface area (Å²) in [7, 11) is 4.07. The van der Waals surface area contributed by atoms with E-state index < -0.39 is 40.4 Å². The van der Waals surface area contributed by atoms with Gasteiger partial charge >= 0.3 is 11.9 Å². The first-order valence-electron chi connectivity index (χ1n) is 10.5. The van der Waals surface area contributed by atoms with Gasteiger partial charge in [-0.2, -0.15) is 5.16 Å². The predicted molar refractivity (Wildman–Crippen MR) is 132 cm³/mol. The molecule has 0 bridgehead atoms. The minimum absolute atomic E-state index is 0.0281. The second-order valence-corrected chi connectivity index (χ2v) is 10.3. The summed E-state index contributed by atoms with van der Waals surface area (Å²) in [6, 6.07) is 0. The Bertz CT molecular complexity index is 1370. The van der Waals surface area contributed by atoms with E-state index in [0.717, 1.165) is 12.0 Å². The van der Waals surface area contributed by atoms with Crippen LogP contribution in [0.5, 0.6) is 0 Å². The average molecular weight is 572 g/mol. The molecule has 4 heterocycles. The lowest BCUT2D eigenvalue weighted by Crippen LogP contribution is -2.80. The lowest BCUT2D eigenvalue weighted by Gasteiger charge is -2.56. The molecule has 1 saturated heterocycles. The molecule has 2 aromatic heterocycles. The molecule has 37 heavy (non-hydrogen) atoms. The normalized spacial score (nSPS) is 21.8. The molecule has 0 aliphatic carbocycles. The number of tetrazole rings is 1. The van der Waals surface area contributed by atoms with E-state index in [1.54, 1.807) is 14.0 Å². The van der Waals surface area contributed by atoms with Crippen molar-refractivity contribution in [3.05, 3.63) is 32.9 Å². The van der Waals surface area contributed by atoms with Crippen LogP contribution in [0.4, 0.5) is 0 Å². The van der Waals surface area contributed by atoms with E-state index in [9.17, 15) is 24.3 Å². The van der Waals surface area contributed by atoms with E-state index in [2.05, 4.69) is 30.7 Å². The number of thiocarbonyl (C=S) groups is 1. The van der Waals surface area contributed by atoms with Gasteiger partial charge in [-0.1, -0.05) is 24.0 Å². The van der Waals surface area contributed by atoms with Crippen molar-refractivity contribution in [3.63, 3.8) is 0 Å². The molecule has 0 radical (unpaired) electrons. The van der Waals surface area contributed by atoms with Crippen molar-refractivity contribution < 1.29 is 33.5 Å². The van der Waals surface area contributed by atoms with Crippen LogP contribution in [0, 0.1) is 0 Å². The van der Waals surface area contributed by atoms with Crippen LogP contribution in [-0.2, 0) is 26.1 Å². The Balaban J connectivity index is 1.57. The molecule has 3 atom stereocenters. The fourth-order valence-electron chi connectivity index (χ4n) is 3.88. The fourth-order valence-corrected chi connectivity index (χ4v) is 6.56. The van der Waals surface area contributed by atoms with Gasteiger partial charge < -0.3 is 24.4 Å². The van der Waals surface area contributed by atoms with Crippen LogP contribution in [0.2, 0.25) is 0 Å². The van der Waals surface area contributed by atoms with Crippen LogP contribution in [0.25, 0.3) is 0 Å². The number of aromatic nitrogens is 5. The molecule has 0 spiro atoms. The molecule has 3 N–H and O–H groups in total. The van der Waals surface area contributed by atoms with Crippen molar-refractivity contribution >= 4 is 58.6 Å². The van der Waals surface area contributed by atoms with Crippen molar-refractivity contribution in [2.24, 2.45) is 7.05 Å². The van der Waals surface area contributed by atoms with Gasteiger partial charge in [-0.3, -0.25) is 14.5 Å². The second-order valence-electron chi connectivity index (χ2n) is 7.88. The van der Waals surface area contributed by atoms with E-state index in [1.165, 1.54) is 35.3 Å². The molecule has 15 nitrogen and oxygen atoms in total. The number of esters is 1. The van der Waals surface area contributed by atoms with Crippen molar-refractivity contribution in [3.8, 4) is 0 Å². The lowest BCUT2D eigenvalue weighted by atomic mass is 9.96. The van der Waals surface area contributed by atoms with Crippen molar-refractivity contribution in [2.75, 3.05) is 25.7 Å². The Morgan fingerprint density at radius 2 is 2.16 bits per heavy atom. The van der Waals surface area contributed by atoms with Gasteiger partial charge in [0.25, 0.3) is 17.2 Å². The van der Waals surface area contributed by atoms with Gasteiger partial charge in [-0.05, 0) is 22.9 Å². The summed E-state index contributed by atoms with van der Waals surface area (Å²) in [5.74, 6) is -3.20. The number of thioether (sulfide) groups is 2. The first-order chi connectivity index (χ1) is 17.6. The molecule has 198 valence electrons. The van der Waals surface area contributed by atoms with E-state index in [1.807, 2.05) is 0 Å². The molecule has 1 fully saturated rings. The van der Waals surface area contributed by atoms with Gasteiger partial charge in [-0.25, -0.2) is 14.3 Å². The number of fused-ring (bicyclic) bond motifs is 1. The molecule has 1 amide bonds. The monoisotopic (exact) mass is 571 g/mol. The van der Waals surface area contributed by atoms with E-state index in [4.69, 9.17) is 21.5 Å². The van der Waals surface area contributed by atoms with Gasteiger partial charge in [0.05, 0.1) is 18.0 Å². The maximum Gasteiger partial charge on any atom is 0.352 e. The molecule has 0 saturated carbocycles. The summed E-state index contributed by atoms with van der Waals surface area (Å²) in [6.07, 6.45) is 0. The minimum atomic E-state index is -1.68. The summed E-state index contributed by atoms with van der Waals surface area (Å²) in [4.78, 5) is 50.8. The number of nitrogens with one attached hydrogen (secondary N) is 2. The average Bonchev–Trinajstić information content (AvgIpc) is 3.48. The maximum absolute atomic E-state index is 13.4. The predicted octanol–water partition coefficient (Wildman–Crippen LogP) is -0.313. The topological polar surface area (TPSA) is 195 Å². The zero-order valence-electron chi connectivity index (χ0n) is 19.8. The molecular formula is C19H21N7O8S3. The number of carbonyl (C=O) groups is 3. The molecule has 4 rings (SSSR count). The van der Waals surface area contributed by atoms with Crippen molar-refractivity contribution in [2.45, 2.75) is 29.1 Å². The van der Waals surface area contributed by atoms with Gasteiger partial charge in [-0.15, -0.1) is 16.9 Å². The van der Waals surface area contributed by atoms with Gasteiger partial charge in [0.15, 0.2) is 11.3 Å². The van der Waals surface area contributed by atoms with Gasteiger partial charge in [0, 0.05) is 25.7 Å². The summed E-state index contributed by atoms with van der Waals surface area (Å²) in [5.41, 5.74) is -2.44. The first-order valence-corrected chi connectivity index (χ1v) is 12.9. The Morgan fingerprint density at radius 1 is 1.43 bits per heavy atom. The number of β-lactam (4-membered cyclic amide) rings is 1. The van der Waals surface area contributed by atoms with Crippen LogP contribution in [-0.4, -0.2) is 95.0 Å². The molecule has 0 aromatic carbocycles. The molecule has 18 heteroatoms. The zero-order valence-corrected chi connectivity index (χ0v) is 22.3. The number of hydrogen-bond acceptors (Lipinski definition) is 13. The molecule has 2 aliphatic rings. The highest BCUT2D eigenvalue weighted by molar-refractivity contribution is 8.01. The molecule has 1 unspecified atom stereocenters. The van der Waals surface area contributed by atoms with Crippen LogP contribution >= 0.6 is 35.7 Å². The highest BCUT2D eigenvalue weighted by Gasteiger charge is 2.66. The quantitative estimate of drug-likeness (QED) is 0.116. The van der Waals surface area contributed by atoms with Crippen LogP contribution in [0.15, 0.2) is 25.7 Å². The summed E-state index contributed by atoms with van der Waals surface area (Å²) < 4.78 is 16.8. The molecular weight excluding hydrogens is 550 g/mol. The highest BCUT2D eigenvalue weighted by atomic mass is 32.2. The largest absolute Gasteiger partial charge is 0.477 e. The Morgan fingerprint density at radius 3 is 2.76 bits per heavy atom. The Hall–Kier alpha value is -3.22. The van der Waals surface area contributed by atoms with Crippen LogP contribution in [0.1, 0.15) is 29.0 Å². The number of hydrogen-bond donors (Lipinski definition) is 3. The zero-order chi connectivity index (χ0) is 27.1. The van der Waals surface area contributed by atoms with Crippen molar-refractivity contribution in [1.82, 2.24) is 35.6 Å². The van der Waals surface area contributed by atoms with E-state index >= 15 is 0 Å². The summed E-state index contributed by atoms with van der Waals surface area (Å²) >= 11 is 8.00.